The number of aliphatic hydroxyl groups excluding tert-OH is 1. The van der Waals surface area contributed by atoms with Crippen LogP contribution in [0, 0.1) is 5.41 Å². The van der Waals surface area contributed by atoms with E-state index in [0.29, 0.717) is 6.42 Å². The number of imide groups is 1. The quantitative estimate of drug-likeness (QED) is 0.716. The average molecular weight is 310 g/mol. The first-order valence-electron chi connectivity index (χ1n) is 7.44. The van der Waals surface area contributed by atoms with Gasteiger partial charge in [-0.2, -0.15) is 0 Å². The maximum atomic E-state index is 12.4. The number of rotatable bonds is 6. The van der Waals surface area contributed by atoms with Crippen molar-refractivity contribution in [2.45, 2.75) is 65.6 Å². The van der Waals surface area contributed by atoms with E-state index < -0.39 is 17.1 Å². The standard InChI is InChI=1S/C16H26N2O4/c1-10(11(2)19)17-14(22)15(3,4)9-16(5,6)18-12(20)7-8-13(18)21/h7-8,10-11,19H,9H2,1-6H3,(H,17,22)/t10-,11?/m0/s1. The molecule has 0 fully saturated rings. The monoisotopic (exact) mass is 310 g/mol. The molecule has 0 aromatic heterocycles. The van der Waals surface area contributed by atoms with E-state index in [-0.39, 0.29) is 23.8 Å². The summed E-state index contributed by atoms with van der Waals surface area (Å²) in [7, 11) is 0. The number of aliphatic hydroxyl groups is 1. The van der Waals surface area contributed by atoms with E-state index in [2.05, 4.69) is 5.32 Å². The summed E-state index contributed by atoms with van der Waals surface area (Å²) in [5.74, 6) is -0.937. The minimum Gasteiger partial charge on any atom is -0.391 e. The maximum absolute atomic E-state index is 12.4. The predicted molar refractivity (Wildman–Crippen MR) is 82.8 cm³/mol. The van der Waals surface area contributed by atoms with Gasteiger partial charge in [-0.25, -0.2) is 0 Å². The first-order valence-corrected chi connectivity index (χ1v) is 7.44. The van der Waals surface area contributed by atoms with Crippen LogP contribution in [0.15, 0.2) is 12.2 Å². The van der Waals surface area contributed by atoms with Gasteiger partial charge in [0.25, 0.3) is 11.8 Å². The van der Waals surface area contributed by atoms with Crippen LogP contribution in [-0.4, -0.2) is 45.4 Å². The van der Waals surface area contributed by atoms with Crippen molar-refractivity contribution in [1.82, 2.24) is 10.2 Å². The molecule has 6 nitrogen and oxygen atoms in total. The van der Waals surface area contributed by atoms with E-state index >= 15 is 0 Å². The SMILES string of the molecule is CC(O)[C@H](C)NC(=O)C(C)(C)CC(C)(C)N1C(=O)C=CC1=O. The summed E-state index contributed by atoms with van der Waals surface area (Å²) in [6, 6.07) is -0.369. The van der Waals surface area contributed by atoms with E-state index in [1.165, 1.54) is 17.1 Å². The lowest BCUT2D eigenvalue weighted by Crippen LogP contribution is -2.53. The number of nitrogens with one attached hydrogen (secondary N) is 1. The summed E-state index contributed by atoms with van der Waals surface area (Å²) in [4.78, 5) is 37.3. The molecule has 0 saturated carbocycles. The molecule has 1 rings (SSSR count). The second-order valence-electron chi connectivity index (χ2n) is 7.22. The molecule has 1 unspecified atom stereocenters. The number of carbonyl (C=O) groups is 3. The van der Waals surface area contributed by atoms with Gasteiger partial charge < -0.3 is 10.4 Å². The number of amides is 3. The zero-order chi connectivity index (χ0) is 17.3. The third-order valence-electron chi connectivity index (χ3n) is 3.99. The minimum atomic E-state index is -0.796. The van der Waals surface area contributed by atoms with Crippen LogP contribution in [0.1, 0.15) is 48.0 Å². The third kappa shape index (κ3) is 3.94. The fraction of sp³-hybridized carbons (Fsp3) is 0.688. The highest BCUT2D eigenvalue weighted by molar-refractivity contribution is 6.13. The normalized spacial score (nSPS) is 18.6. The van der Waals surface area contributed by atoms with E-state index in [1.807, 2.05) is 0 Å². The van der Waals surface area contributed by atoms with E-state index in [0.717, 1.165) is 0 Å². The van der Waals surface area contributed by atoms with Crippen LogP contribution < -0.4 is 5.32 Å². The van der Waals surface area contributed by atoms with Crippen molar-refractivity contribution < 1.29 is 19.5 Å². The second-order valence-corrected chi connectivity index (χ2v) is 7.22. The Kier molecular flexibility index (Phi) is 5.18. The molecule has 0 aromatic rings. The Morgan fingerprint density at radius 1 is 1.18 bits per heavy atom. The van der Waals surface area contributed by atoms with Crippen molar-refractivity contribution in [2.75, 3.05) is 0 Å². The van der Waals surface area contributed by atoms with Gasteiger partial charge in [-0.05, 0) is 34.1 Å². The largest absolute Gasteiger partial charge is 0.391 e. The zero-order valence-corrected chi connectivity index (χ0v) is 14.1. The van der Waals surface area contributed by atoms with Crippen molar-refractivity contribution in [3.63, 3.8) is 0 Å². The van der Waals surface area contributed by atoms with Gasteiger partial charge in [-0.15, -0.1) is 0 Å². The van der Waals surface area contributed by atoms with Gasteiger partial charge in [0.1, 0.15) is 0 Å². The smallest absolute Gasteiger partial charge is 0.254 e. The molecule has 2 atom stereocenters. The molecule has 6 heteroatoms. The maximum Gasteiger partial charge on any atom is 0.254 e. The van der Waals surface area contributed by atoms with Gasteiger partial charge in [-0.1, -0.05) is 13.8 Å². The summed E-state index contributed by atoms with van der Waals surface area (Å²) < 4.78 is 0. The van der Waals surface area contributed by atoms with Crippen LogP contribution in [0.3, 0.4) is 0 Å². The summed E-state index contributed by atoms with van der Waals surface area (Å²) in [6.45, 7) is 10.4. The molecule has 1 aliphatic rings. The molecule has 124 valence electrons. The Labute approximate surface area is 131 Å². The lowest BCUT2D eigenvalue weighted by atomic mass is 9.78. The lowest BCUT2D eigenvalue weighted by Gasteiger charge is -2.39. The molecule has 0 saturated heterocycles. The van der Waals surface area contributed by atoms with Crippen LogP contribution in [0.2, 0.25) is 0 Å². The highest BCUT2D eigenvalue weighted by Gasteiger charge is 2.43. The topological polar surface area (TPSA) is 86.7 Å². The van der Waals surface area contributed by atoms with Gasteiger partial charge in [-0.3, -0.25) is 19.3 Å². The zero-order valence-electron chi connectivity index (χ0n) is 14.1. The molecular formula is C16H26N2O4. The summed E-state index contributed by atoms with van der Waals surface area (Å²) >= 11 is 0. The highest BCUT2D eigenvalue weighted by atomic mass is 16.3. The van der Waals surface area contributed by atoms with Gasteiger partial charge in [0, 0.05) is 23.1 Å². The number of nitrogens with zero attached hydrogens (tertiary/aromatic N) is 1. The summed E-state index contributed by atoms with van der Waals surface area (Å²) in [6.07, 6.45) is 2.15. The van der Waals surface area contributed by atoms with Gasteiger partial charge >= 0.3 is 0 Å². The van der Waals surface area contributed by atoms with Crippen LogP contribution in [-0.2, 0) is 14.4 Å². The lowest BCUT2D eigenvalue weighted by molar-refractivity contribution is -0.146. The second kappa shape index (κ2) is 6.20. The first-order chi connectivity index (χ1) is 9.88. The van der Waals surface area contributed by atoms with E-state index in [4.69, 9.17) is 0 Å². The molecule has 3 amide bonds. The van der Waals surface area contributed by atoms with Crippen molar-refractivity contribution in [3.8, 4) is 0 Å². The number of hydrogen-bond donors (Lipinski definition) is 2. The van der Waals surface area contributed by atoms with Gasteiger partial charge in [0.15, 0.2) is 0 Å². The minimum absolute atomic E-state index is 0.221. The van der Waals surface area contributed by atoms with Crippen molar-refractivity contribution in [2.24, 2.45) is 5.41 Å². The first kappa shape index (κ1) is 18.4. The Morgan fingerprint density at radius 2 is 1.64 bits per heavy atom. The van der Waals surface area contributed by atoms with Gasteiger partial charge in [0.2, 0.25) is 5.91 Å². The van der Waals surface area contributed by atoms with E-state index in [1.54, 1.807) is 41.5 Å². The molecule has 0 aliphatic carbocycles. The molecule has 0 bridgehead atoms. The Hall–Kier alpha value is -1.69. The van der Waals surface area contributed by atoms with Crippen LogP contribution >= 0.6 is 0 Å². The Morgan fingerprint density at radius 3 is 2.05 bits per heavy atom. The third-order valence-corrected chi connectivity index (χ3v) is 3.99. The average Bonchev–Trinajstić information content (AvgIpc) is 2.67. The predicted octanol–water partition coefficient (Wildman–Crippen LogP) is 0.992. The molecule has 2 N–H and O–H groups in total. The Bertz CT molecular complexity index is 488. The fourth-order valence-electron chi connectivity index (χ4n) is 2.76. The molecule has 0 aromatic carbocycles. The van der Waals surface area contributed by atoms with Gasteiger partial charge in [0.05, 0.1) is 12.1 Å². The fourth-order valence-corrected chi connectivity index (χ4v) is 2.76. The van der Waals surface area contributed by atoms with Crippen molar-refractivity contribution in [1.29, 1.82) is 0 Å². The molecule has 22 heavy (non-hydrogen) atoms. The van der Waals surface area contributed by atoms with Crippen molar-refractivity contribution >= 4 is 17.7 Å². The summed E-state index contributed by atoms with van der Waals surface area (Å²) in [5.41, 5.74) is -1.58. The molecule has 0 radical (unpaired) electrons. The summed E-state index contributed by atoms with van der Waals surface area (Å²) in [5, 5.41) is 12.3. The van der Waals surface area contributed by atoms with Crippen molar-refractivity contribution in [3.05, 3.63) is 12.2 Å². The van der Waals surface area contributed by atoms with E-state index in [9.17, 15) is 19.5 Å². The molecule has 0 spiro atoms. The van der Waals surface area contributed by atoms with Crippen LogP contribution in [0.5, 0.6) is 0 Å². The Balaban J connectivity index is 2.84. The highest BCUT2D eigenvalue weighted by Crippen LogP contribution is 2.33. The molecule has 1 aliphatic heterocycles. The molecular weight excluding hydrogens is 284 g/mol. The van der Waals surface area contributed by atoms with Crippen LogP contribution in [0.4, 0.5) is 0 Å². The number of hydrogen-bond acceptors (Lipinski definition) is 4. The number of carbonyl (C=O) groups excluding carboxylic acids is 3. The van der Waals surface area contributed by atoms with Crippen LogP contribution in [0.25, 0.3) is 0 Å². The molecule has 1 heterocycles.